The average Bonchev–Trinajstić information content (AvgIpc) is 2.00. The minimum absolute atomic E-state index is 0.0550. The lowest BCUT2D eigenvalue weighted by Crippen LogP contribution is -2.34. The van der Waals surface area contributed by atoms with Gasteiger partial charge in [-0.1, -0.05) is 12.1 Å². The van der Waals surface area contributed by atoms with E-state index in [-0.39, 0.29) is 4.90 Å². The van der Waals surface area contributed by atoms with Gasteiger partial charge in [0.05, 0.1) is 4.90 Å². The smallest absolute Gasteiger partial charge is 0.294 e. The zero-order valence-corrected chi connectivity index (χ0v) is 8.29. The Morgan fingerprint density at radius 3 is 2.21 bits per heavy atom. The molecule has 5 heteroatoms. The number of hydrogen-bond donors (Lipinski definition) is 2. The minimum Gasteiger partial charge on any atom is -0.310 e. The lowest BCUT2D eigenvalue weighted by Gasteiger charge is -2.27. The van der Waals surface area contributed by atoms with Gasteiger partial charge in [-0.25, -0.2) is 0 Å². The van der Waals surface area contributed by atoms with E-state index in [2.05, 4.69) is 5.32 Å². The molecule has 2 N–H and O–H groups in total. The molecule has 1 aromatic rings. The van der Waals surface area contributed by atoms with Crippen LogP contribution in [0.5, 0.6) is 0 Å². The van der Waals surface area contributed by atoms with Crippen LogP contribution in [0.4, 0.5) is 0 Å². The Balaban J connectivity index is 2.26. The van der Waals surface area contributed by atoms with E-state index in [0.29, 0.717) is 6.04 Å². The molecular weight excluding hydrogens is 202 g/mol. The van der Waals surface area contributed by atoms with Crippen LogP contribution < -0.4 is 5.32 Å². The van der Waals surface area contributed by atoms with E-state index in [1.807, 2.05) is 0 Å². The summed E-state index contributed by atoms with van der Waals surface area (Å²) in [5.41, 5.74) is 1.06. The van der Waals surface area contributed by atoms with E-state index in [1.165, 1.54) is 12.1 Å². The molecule has 14 heavy (non-hydrogen) atoms. The summed E-state index contributed by atoms with van der Waals surface area (Å²) in [6, 6.07) is 6.63. The maximum Gasteiger partial charge on any atom is 0.294 e. The first-order chi connectivity index (χ1) is 6.57. The number of hydrogen-bond acceptors (Lipinski definition) is 3. The SMILES string of the molecule is O=S(=O)(O)c1ccc([C@H]2CCN2)cc1. The number of nitrogens with one attached hydrogen (secondary N) is 1. The fourth-order valence-corrected chi connectivity index (χ4v) is 1.93. The molecule has 0 radical (unpaired) electrons. The van der Waals surface area contributed by atoms with Gasteiger partial charge in [0.2, 0.25) is 0 Å². The van der Waals surface area contributed by atoms with Crippen LogP contribution in [0.25, 0.3) is 0 Å². The highest BCUT2D eigenvalue weighted by Gasteiger charge is 2.18. The zero-order chi connectivity index (χ0) is 10.2. The fraction of sp³-hybridized carbons (Fsp3) is 0.333. The third-order valence-electron chi connectivity index (χ3n) is 2.40. The molecule has 0 aromatic heterocycles. The Morgan fingerprint density at radius 1 is 1.29 bits per heavy atom. The lowest BCUT2D eigenvalue weighted by molar-refractivity contribution is 0.383. The van der Waals surface area contributed by atoms with Gasteiger partial charge in [-0.2, -0.15) is 8.42 Å². The van der Waals surface area contributed by atoms with Crippen LogP contribution in [-0.2, 0) is 10.1 Å². The monoisotopic (exact) mass is 213 g/mol. The van der Waals surface area contributed by atoms with Crippen molar-refractivity contribution >= 4 is 10.1 Å². The van der Waals surface area contributed by atoms with Gasteiger partial charge in [0.25, 0.3) is 10.1 Å². The predicted octanol–water partition coefficient (Wildman–Crippen LogP) is 0.968. The molecule has 4 nitrogen and oxygen atoms in total. The molecule has 0 spiro atoms. The van der Waals surface area contributed by atoms with Crippen LogP contribution in [0, 0.1) is 0 Å². The molecule has 1 saturated heterocycles. The summed E-state index contributed by atoms with van der Waals surface area (Å²) in [6.45, 7) is 1.00. The third-order valence-corrected chi connectivity index (χ3v) is 3.27. The van der Waals surface area contributed by atoms with Gasteiger partial charge in [0, 0.05) is 6.04 Å². The van der Waals surface area contributed by atoms with Crippen molar-refractivity contribution in [3.63, 3.8) is 0 Å². The molecule has 1 aliphatic rings. The highest BCUT2D eigenvalue weighted by atomic mass is 32.2. The van der Waals surface area contributed by atoms with Crippen molar-refractivity contribution in [2.75, 3.05) is 6.54 Å². The van der Waals surface area contributed by atoms with Gasteiger partial charge in [0.1, 0.15) is 0 Å². The van der Waals surface area contributed by atoms with Crippen molar-refractivity contribution < 1.29 is 13.0 Å². The molecule has 1 fully saturated rings. The van der Waals surface area contributed by atoms with Crippen LogP contribution in [0.2, 0.25) is 0 Å². The Morgan fingerprint density at radius 2 is 1.86 bits per heavy atom. The van der Waals surface area contributed by atoms with E-state index in [4.69, 9.17) is 4.55 Å². The summed E-state index contributed by atoms with van der Waals surface area (Å²) in [6.07, 6.45) is 1.07. The highest BCUT2D eigenvalue weighted by Crippen LogP contribution is 2.23. The molecule has 76 valence electrons. The van der Waals surface area contributed by atoms with Crippen LogP contribution in [0.3, 0.4) is 0 Å². The average molecular weight is 213 g/mol. The summed E-state index contributed by atoms with van der Waals surface area (Å²) < 4.78 is 30.2. The Hall–Kier alpha value is -0.910. The summed E-state index contributed by atoms with van der Waals surface area (Å²) in [5, 5.41) is 3.21. The second-order valence-electron chi connectivity index (χ2n) is 3.34. The summed E-state index contributed by atoms with van der Waals surface area (Å²) in [4.78, 5) is -0.0550. The molecule has 1 aromatic carbocycles. The molecule has 1 atom stereocenters. The Kier molecular flexibility index (Phi) is 2.30. The van der Waals surface area contributed by atoms with Crippen molar-refractivity contribution in [3.05, 3.63) is 29.8 Å². The zero-order valence-electron chi connectivity index (χ0n) is 7.47. The van der Waals surface area contributed by atoms with Crippen LogP contribution in [-0.4, -0.2) is 19.5 Å². The quantitative estimate of drug-likeness (QED) is 0.718. The number of benzene rings is 1. The van der Waals surface area contributed by atoms with E-state index < -0.39 is 10.1 Å². The van der Waals surface area contributed by atoms with E-state index in [0.717, 1.165) is 18.5 Å². The molecule has 0 bridgehead atoms. The molecule has 0 unspecified atom stereocenters. The topological polar surface area (TPSA) is 66.4 Å². The van der Waals surface area contributed by atoms with E-state index >= 15 is 0 Å². The minimum atomic E-state index is -4.05. The second kappa shape index (κ2) is 3.34. The van der Waals surface area contributed by atoms with Gasteiger partial charge in [-0.3, -0.25) is 4.55 Å². The maximum atomic E-state index is 10.7. The fourth-order valence-electron chi connectivity index (χ4n) is 1.45. The van der Waals surface area contributed by atoms with Gasteiger partial charge in [-0.15, -0.1) is 0 Å². The van der Waals surface area contributed by atoms with Crippen LogP contribution >= 0.6 is 0 Å². The summed E-state index contributed by atoms with van der Waals surface area (Å²) >= 11 is 0. The molecule has 0 saturated carbocycles. The van der Waals surface area contributed by atoms with Crippen molar-refractivity contribution in [3.8, 4) is 0 Å². The molecule has 1 aliphatic heterocycles. The second-order valence-corrected chi connectivity index (χ2v) is 4.76. The van der Waals surface area contributed by atoms with Crippen molar-refractivity contribution in [1.82, 2.24) is 5.32 Å². The van der Waals surface area contributed by atoms with Gasteiger partial charge in [-0.05, 0) is 30.7 Å². The molecule has 1 heterocycles. The van der Waals surface area contributed by atoms with Crippen molar-refractivity contribution in [2.45, 2.75) is 17.4 Å². The highest BCUT2D eigenvalue weighted by molar-refractivity contribution is 7.85. The van der Waals surface area contributed by atoms with Crippen molar-refractivity contribution in [1.29, 1.82) is 0 Å². The van der Waals surface area contributed by atoms with Crippen LogP contribution in [0.15, 0.2) is 29.2 Å². The van der Waals surface area contributed by atoms with Gasteiger partial charge in [0.15, 0.2) is 0 Å². The lowest BCUT2D eigenvalue weighted by atomic mass is 9.98. The number of rotatable bonds is 2. The third kappa shape index (κ3) is 1.79. The van der Waals surface area contributed by atoms with E-state index in [9.17, 15) is 8.42 Å². The molecular formula is C9H11NO3S. The maximum absolute atomic E-state index is 10.7. The molecule has 2 rings (SSSR count). The molecule has 0 amide bonds. The summed E-state index contributed by atoms with van der Waals surface area (Å²) in [5.74, 6) is 0. The first kappa shape index (κ1) is 9.64. The predicted molar refractivity (Wildman–Crippen MR) is 51.6 cm³/mol. The van der Waals surface area contributed by atoms with Gasteiger partial charge < -0.3 is 5.32 Å². The standard InChI is InChI=1S/C9H11NO3S/c11-14(12,13)8-3-1-7(2-4-8)9-5-6-10-9/h1-4,9-10H,5-6H2,(H,11,12,13)/t9-/m1/s1. The van der Waals surface area contributed by atoms with Gasteiger partial charge >= 0.3 is 0 Å². The molecule has 0 aliphatic carbocycles. The Labute approximate surface area is 82.7 Å². The van der Waals surface area contributed by atoms with Crippen LogP contribution in [0.1, 0.15) is 18.0 Å². The first-order valence-electron chi connectivity index (χ1n) is 4.38. The normalized spacial score (nSPS) is 21.6. The van der Waals surface area contributed by atoms with Crippen molar-refractivity contribution in [2.24, 2.45) is 0 Å². The first-order valence-corrected chi connectivity index (χ1v) is 5.82. The summed E-state index contributed by atoms with van der Waals surface area (Å²) in [7, 11) is -4.05. The largest absolute Gasteiger partial charge is 0.310 e. The Bertz CT molecular complexity index is 420. The van der Waals surface area contributed by atoms with E-state index in [1.54, 1.807) is 12.1 Å².